The molecule has 6 aromatic rings. The first-order valence-corrected chi connectivity index (χ1v) is 17.4. The Bertz CT molecular complexity index is 1940. The number of benzene rings is 4. The number of alkyl halides is 6. The fourth-order valence-electron chi connectivity index (χ4n) is 5.92. The third kappa shape index (κ3) is 7.34. The second-order valence-electron chi connectivity index (χ2n) is 11.3. The molecule has 8 heteroatoms. The van der Waals surface area contributed by atoms with Crippen molar-refractivity contribution in [3.05, 3.63) is 125 Å². The zero-order valence-corrected chi connectivity index (χ0v) is 29.5. The van der Waals surface area contributed by atoms with Crippen molar-refractivity contribution < 1.29 is 52.5 Å². The van der Waals surface area contributed by atoms with Crippen LogP contribution in [0, 0.1) is 0 Å². The Kier molecular flexibility index (Phi) is 11.1. The molecule has 6 rings (SSSR count). The summed E-state index contributed by atoms with van der Waals surface area (Å²) in [5.74, 6) is 0. The minimum atomic E-state index is -4.30. The Labute approximate surface area is 286 Å². The van der Waals surface area contributed by atoms with Gasteiger partial charge in [-0.25, -0.2) is 0 Å². The molecule has 0 aliphatic heterocycles. The average Bonchev–Trinajstić information content (AvgIpc) is 3.62. The molecule has 0 aliphatic rings. The molecule has 0 bridgehead atoms. The van der Waals surface area contributed by atoms with E-state index < -0.39 is 32.3 Å². The molecule has 0 aliphatic carbocycles. The van der Waals surface area contributed by atoms with Gasteiger partial charge in [0.2, 0.25) is 0 Å². The van der Waals surface area contributed by atoms with Crippen molar-refractivity contribution in [2.75, 3.05) is 0 Å². The third-order valence-electron chi connectivity index (χ3n) is 8.20. The van der Waals surface area contributed by atoms with Crippen LogP contribution in [0.2, 0.25) is 13.1 Å². The van der Waals surface area contributed by atoms with Gasteiger partial charge in [-0.1, -0.05) is 155 Å². The Morgan fingerprint density at radius 1 is 0.587 bits per heavy atom. The minimum absolute atomic E-state index is 0. The molecule has 0 saturated carbocycles. The molecule has 0 aromatic heterocycles. The number of rotatable bonds is 5. The molecular formula is C38H33F6SiZr. The summed E-state index contributed by atoms with van der Waals surface area (Å²) in [6.45, 7) is 8.23. The number of halogens is 6. The molecule has 0 fully saturated rings. The van der Waals surface area contributed by atoms with Crippen molar-refractivity contribution in [2.45, 2.75) is 52.1 Å². The normalized spacial score (nSPS) is 11.9. The summed E-state index contributed by atoms with van der Waals surface area (Å²) in [5, 5.41) is 5.76. The number of hydrogen-bond acceptors (Lipinski definition) is 0. The van der Waals surface area contributed by atoms with Gasteiger partial charge in [-0.05, 0) is 0 Å². The van der Waals surface area contributed by atoms with Crippen molar-refractivity contribution in [3.63, 3.8) is 0 Å². The number of fused-ring (bicyclic) bond motifs is 2. The molecule has 0 amide bonds. The van der Waals surface area contributed by atoms with Crippen molar-refractivity contribution in [2.24, 2.45) is 0 Å². The molecular weight excluding hydrogens is 690 g/mol. The monoisotopic (exact) mass is 721 g/mol. The van der Waals surface area contributed by atoms with Gasteiger partial charge >= 0.3 is 38.6 Å². The quantitative estimate of drug-likeness (QED) is 0.0944. The SMILES string of the molecule is CCc1cc(C(F)(F)F)ccc1-[c-]1c([Si](C)C)cc2ccccc21.CCc1cc(C(F)(F)F)ccc1-[c-]1ccc2ccccc21.[Zr+2]. The van der Waals surface area contributed by atoms with Gasteiger partial charge in [0.1, 0.15) is 0 Å². The molecule has 0 nitrogen and oxygen atoms in total. The van der Waals surface area contributed by atoms with E-state index in [1.807, 2.05) is 62.4 Å². The van der Waals surface area contributed by atoms with Crippen LogP contribution in [0.4, 0.5) is 26.3 Å². The van der Waals surface area contributed by atoms with Gasteiger partial charge in [-0.15, -0.1) is 47.7 Å². The van der Waals surface area contributed by atoms with Crippen LogP contribution in [0.25, 0.3) is 43.8 Å². The van der Waals surface area contributed by atoms with E-state index in [1.165, 1.54) is 23.4 Å². The summed E-state index contributed by atoms with van der Waals surface area (Å²) in [6.07, 6.45) is -7.45. The Morgan fingerprint density at radius 3 is 1.63 bits per heavy atom. The summed E-state index contributed by atoms with van der Waals surface area (Å²) in [7, 11) is -0.735. The van der Waals surface area contributed by atoms with Crippen LogP contribution in [0.5, 0.6) is 0 Å². The fraction of sp³-hybridized carbons (Fsp3) is 0.211. The van der Waals surface area contributed by atoms with Crippen LogP contribution in [0.1, 0.15) is 36.1 Å². The second-order valence-corrected chi connectivity index (χ2v) is 13.8. The van der Waals surface area contributed by atoms with Crippen molar-refractivity contribution in [1.82, 2.24) is 0 Å². The second kappa shape index (κ2) is 14.3. The van der Waals surface area contributed by atoms with E-state index in [-0.39, 0.29) is 26.2 Å². The molecule has 0 heterocycles. The van der Waals surface area contributed by atoms with Crippen LogP contribution in [-0.4, -0.2) is 8.80 Å². The largest absolute Gasteiger partial charge is 2.00 e. The fourth-order valence-corrected chi connectivity index (χ4v) is 7.14. The van der Waals surface area contributed by atoms with Gasteiger partial charge in [0, 0.05) is 11.1 Å². The number of aryl methyl sites for hydroxylation is 2. The van der Waals surface area contributed by atoms with E-state index in [1.54, 1.807) is 12.1 Å². The summed E-state index contributed by atoms with van der Waals surface area (Å²) in [5.41, 5.74) is 4.26. The smallest absolute Gasteiger partial charge is 0.166 e. The van der Waals surface area contributed by atoms with Crippen molar-refractivity contribution >= 4 is 35.5 Å². The van der Waals surface area contributed by atoms with E-state index in [9.17, 15) is 26.3 Å². The Morgan fingerprint density at radius 2 is 1.09 bits per heavy atom. The predicted molar refractivity (Wildman–Crippen MR) is 176 cm³/mol. The van der Waals surface area contributed by atoms with Crippen LogP contribution in [-0.2, 0) is 51.4 Å². The van der Waals surface area contributed by atoms with Crippen LogP contribution in [0.3, 0.4) is 0 Å². The maximum atomic E-state index is 13.0. The Balaban J connectivity index is 0.000000206. The van der Waals surface area contributed by atoms with Gasteiger partial charge < -0.3 is 0 Å². The average molecular weight is 723 g/mol. The van der Waals surface area contributed by atoms with Gasteiger partial charge in [0.05, 0.1) is 8.80 Å². The van der Waals surface area contributed by atoms with Crippen molar-refractivity contribution in [3.8, 4) is 22.3 Å². The number of hydrogen-bond donors (Lipinski definition) is 0. The minimum Gasteiger partial charge on any atom is -0.166 e. The maximum absolute atomic E-state index is 13.0. The van der Waals surface area contributed by atoms with E-state index >= 15 is 0 Å². The molecule has 0 atom stereocenters. The maximum Gasteiger partial charge on any atom is 2.00 e. The first-order valence-electron chi connectivity index (χ1n) is 14.9. The predicted octanol–water partition coefficient (Wildman–Crippen LogP) is 11.6. The topological polar surface area (TPSA) is 0 Å². The molecule has 6 aromatic carbocycles. The molecule has 1 radical (unpaired) electrons. The molecule has 0 spiro atoms. The van der Waals surface area contributed by atoms with E-state index in [4.69, 9.17) is 0 Å². The Hall–Kier alpha value is -3.22. The third-order valence-corrected chi connectivity index (χ3v) is 9.68. The zero-order chi connectivity index (χ0) is 32.5. The standard InChI is InChI=1S/C20H19F3Si.C18H14F3.Zr/c1-4-13-11-15(20(21,22)23)9-10-17(13)19-16-8-6-5-7-14(16)12-18(19)24(2)3;1-2-12-11-14(18(19,20)21)8-10-16(12)17-9-7-13-5-3-4-6-15(13)17;/h5-12H,4H2,1-3H3;3-11H,2H2,1H3;/q2*-1;+2. The summed E-state index contributed by atoms with van der Waals surface area (Å²) >= 11 is 0. The zero-order valence-electron chi connectivity index (χ0n) is 26.0. The van der Waals surface area contributed by atoms with Gasteiger partial charge in [-0.3, -0.25) is 0 Å². The molecule has 0 saturated heterocycles. The first-order chi connectivity index (χ1) is 21.3. The van der Waals surface area contributed by atoms with Crippen molar-refractivity contribution in [1.29, 1.82) is 0 Å². The van der Waals surface area contributed by atoms with Gasteiger partial charge in [0.15, 0.2) is 0 Å². The molecule has 46 heavy (non-hydrogen) atoms. The van der Waals surface area contributed by atoms with Gasteiger partial charge in [-0.2, -0.15) is 26.3 Å². The molecule has 0 unspecified atom stereocenters. The molecule has 0 N–H and O–H groups in total. The van der Waals surface area contributed by atoms with E-state index in [0.717, 1.165) is 61.0 Å². The summed E-state index contributed by atoms with van der Waals surface area (Å²) in [4.78, 5) is 0. The van der Waals surface area contributed by atoms with Gasteiger partial charge in [0.25, 0.3) is 0 Å². The van der Waals surface area contributed by atoms with Crippen LogP contribution < -0.4 is 5.19 Å². The molecule has 235 valence electrons. The summed E-state index contributed by atoms with van der Waals surface area (Å²) < 4.78 is 77.6. The van der Waals surface area contributed by atoms with E-state index in [0.29, 0.717) is 12.8 Å². The first kappa shape index (κ1) is 35.6. The van der Waals surface area contributed by atoms with E-state index in [2.05, 4.69) is 31.3 Å². The van der Waals surface area contributed by atoms with Crippen LogP contribution >= 0.6 is 0 Å². The van der Waals surface area contributed by atoms with Crippen LogP contribution in [0.15, 0.2) is 103 Å². The summed E-state index contributed by atoms with van der Waals surface area (Å²) in [6, 6.07) is 30.4.